The molecule has 0 saturated carbocycles. The van der Waals surface area contributed by atoms with Crippen molar-refractivity contribution in [3.63, 3.8) is 0 Å². The van der Waals surface area contributed by atoms with Crippen LogP contribution in [-0.4, -0.2) is 11.7 Å². The second kappa shape index (κ2) is 4.36. The molecule has 0 bridgehead atoms. The average Bonchev–Trinajstić information content (AvgIpc) is 2.71. The Bertz CT molecular complexity index is 805. The number of para-hydroxylation sites is 1. The van der Waals surface area contributed by atoms with Crippen LogP contribution in [0, 0.1) is 0 Å². The van der Waals surface area contributed by atoms with Crippen LogP contribution in [0.25, 0.3) is 0 Å². The molecule has 2 aliphatic rings. The van der Waals surface area contributed by atoms with Crippen LogP contribution in [0.15, 0.2) is 47.4 Å². The molecule has 0 aromatic heterocycles. The normalized spacial score (nSPS) is 22.9. The number of anilines is 1. The number of fused-ring (bicyclic) bond motifs is 3. The third-order valence-electron chi connectivity index (χ3n) is 3.91. The smallest absolute Gasteiger partial charge is 0.246 e. The number of Topliss-reactive ketones (excluding diaryl/α,β-unsaturated/α-hetero) is 1. The highest BCUT2D eigenvalue weighted by Crippen LogP contribution is 2.55. The van der Waals surface area contributed by atoms with Gasteiger partial charge < -0.3 is 5.32 Å². The van der Waals surface area contributed by atoms with E-state index in [1.165, 1.54) is 11.8 Å². The molecule has 1 spiro atoms. The minimum absolute atomic E-state index is 0.0210. The first-order chi connectivity index (χ1) is 10.1. The van der Waals surface area contributed by atoms with Crippen LogP contribution < -0.4 is 5.32 Å². The molecule has 21 heavy (non-hydrogen) atoms. The minimum Gasteiger partial charge on any atom is -0.324 e. The maximum atomic E-state index is 12.5. The number of thioether (sulfide) groups is 1. The molecule has 0 aliphatic carbocycles. The lowest BCUT2D eigenvalue weighted by Gasteiger charge is -2.31. The molecule has 2 aliphatic heterocycles. The standard InChI is InChI=1S/C16H10ClNO2S/c17-9-5-6-10-13(19)8-16(21-14(10)7-9)11-3-1-2-4-12(11)18-15(16)20/h1-7H,8H2,(H,18,20). The van der Waals surface area contributed by atoms with Gasteiger partial charge in [0, 0.05) is 33.2 Å². The fourth-order valence-corrected chi connectivity index (χ4v) is 4.65. The summed E-state index contributed by atoms with van der Waals surface area (Å²) in [6, 6.07) is 12.7. The Labute approximate surface area is 130 Å². The summed E-state index contributed by atoms with van der Waals surface area (Å²) in [5, 5.41) is 3.45. The Morgan fingerprint density at radius 3 is 2.81 bits per heavy atom. The highest BCUT2D eigenvalue weighted by Gasteiger charge is 2.51. The topological polar surface area (TPSA) is 46.2 Å². The Kier molecular flexibility index (Phi) is 2.68. The van der Waals surface area contributed by atoms with Gasteiger partial charge in [-0.2, -0.15) is 0 Å². The molecular weight excluding hydrogens is 306 g/mol. The molecule has 0 saturated heterocycles. The third-order valence-corrected chi connectivity index (χ3v) is 5.61. The zero-order valence-electron chi connectivity index (χ0n) is 10.9. The van der Waals surface area contributed by atoms with Gasteiger partial charge in [0.25, 0.3) is 0 Å². The van der Waals surface area contributed by atoms with Crippen LogP contribution in [0.4, 0.5) is 5.69 Å². The predicted octanol–water partition coefficient (Wildman–Crippen LogP) is 3.87. The summed E-state index contributed by atoms with van der Waals surface area (Å²) < 4.78 is -0.870. The first-order valence-corrected chi connectivity index (χ1v) is 7.72. The van der Waals surface area contributed by atoms with E-state index in [4.69, 9.17) is 11.6 Å². The van der Waals surface area contributed by atoms with Crippen molar-refractivity contribution in [3.8, 4) is 0 Å². The van der Waals surface area contributed by atoms with Crippen molar-refractivity contribution in [2.75, 3.05) is 5.32 Å². The zero-order chi connectivity index (χ0) is 14.6. The largest absolute Gasteiger partial charge is 0.324 e. The van der Waals surface area contributed by atoms with Gasteiger partial charge in [-0.3, -0.25) is 9.59 Å². The summed E-state index contributed by atoms with van der Waals surface area (Å²) in [7, 11) is 0. The molecule has 0 radical (unpaired) electrons. The van der Waals surface area contributed by atoms with E-state index >= 15 is 0 Å². The Balaban J connectivity index is 1.92. The molecule has 4 rings (SSSR count). The van der Waals surface area contributed by atoms with Crippen LogP contribution >= 0.6 is 23.4 Å². The Hall–Kier alpha value is -1.78. The first kappa shape index (κ1) is 12.9. The second-order valence-corrected chi connectivity index (χ2v) is 6.95. The van der Waals surface area contributed by atoms with Crippen molar-refractivity contribution >= 4 is 40.7 Å². The summed E-state index contributed by atoms with van der Waals surface area (Å²) in [5.74, 6) is -0.153. The van der Waals surface area contributed by atoms with Gasteiger partial charge in [0.2, 0.25) is 5.91 Å². The van der Waals surface area contributed by atoms with Crippen LogP contribution in [0.5, 0.6) is 0 Å². The monoisotopic (exact) mass is 315 g/mol. The van der Waals surface area contributed by atoms with Crippen molar-refractivity contribution in [2.24, 2.45) is 0 Å². The van der Waals surface area contributed by atoms with E-state index in [9.17, 15) is 9.59 Å². The Morgan fingerprint density at radius 2 is 1.95 bits per heavy atom. The van der Waals surface area contributed by atoms with Crippen molar-refractivity contribution in [1.29, 1.82) is 0 Å². The van der Waals surface area contributed by atoms with Crippen LogP contribution in [-0.2, 0) is 9.54 Å². The van der Waals surface area contributed by atoms with E-state index < -0.39 is 4.75 Å². The number of hydrogen-bond acceptors (Lipinski definition) is 3. The average molecular weight is 316 g/mol. The van der Waals surface area contributed by atoms with E-state index in [-0.39, 0.29) is 18.1 Å². The number of rotatable bonds is 0. The number of hydrogen-bond donors (Lipinski definition) is 1. The SMILES string of the molecule is O=C1CC2(Sc3cc(Cl)ccc31)C(=O)Nc1ccccc12. The van der Waals surface area contributed by atoms with Gasteiger partial charge in [-0.1, -0.05) is 29.8 Å². The van der Waals surface area contributed by atoms with Crippen LogP contribution in [0.2, 0.25) is 5.02 Å². The van der Waals surface area contributed by atoms with E-state index in [0.29, 0.717) is 10.6 Å². The number of carbonyl (C=O) groups is 2. The first-order valence-electron chi connectivity index (χ1n) is 6.53. The highest BCUT2D eigenvalue weighted by molar-refractivity contribution is 8.01. The maximum Gasteiger partial charge on any atom is 0.246 e. The summed E-state index contributed by atoms with van der Waals surface area (Å²) in [6.45, 7) is 0. The molecule has 1 N–H and O–H groups in total. The lowest BCUT2D eigenvalue weighted by atomic mass is 9.91. The van der Waals surface area contributed by atoms with Crippen molar-refractivity contribution in [1.82, 2.24) is 0 Å². The zero-order valence-corrected chi connectivity index (χ0v) is 12.4. The van der Waals surface area contributed by atoms with Crippen molar-refractivity contribution in [3.05, 3.63) is 58.6 Å². The van der Waals surface area contributed by atoms with Gasteiger partial charge in [0.15, 0.2) is 5.78 Å². The number of carbonyl (C=O) groups excluding carboxylic acids is 2. The summed E-state index contributed by atoms with van der Waals surface area (Å²) >= 11 is 7.45. The molecule has 2 heterocycles. The number of halogens is 1. The molecule has 2 aromatic carbocycles. The molecule has 1 atom stereocenters. The van der Waals surface area contributed by atoms with E-state index in [1.807, 2.05) is 24.3 Å². The molecule has 2 aromatic rings. The second-order valence-electron chi connectivity index (χ2n) is 5.17. The van der Waals surface area contributed by atoms with Gasteiger partial charge in [0.05, 0.1) is 0 Å². The molecule has 1 unspecified atom stereocenters. The van der Waals surface area contributed by atoms with Crippen molar-refractivity contribution in [2.45, 2.75) is 16.1 Å². The number of nitrogens with one attached hydrogen (secondary N) is 1. The summed E-state index contributed by atoms with van der Waals surface area (Å²) in [4.78, 5) is 25.8. The van der Waals surface area contributed by atoms with Crippen molar-refractivity contribution < 1.29 is 9.59 Å². The molecule has 104 valence electrons. The fraction of sp³-hybridized carbons (Fsp3) is 0.125. The van der Waals surface area contributed by atoms with Crippen LogP contribution in [0.1, 0.15) is 22.3 Å². The minimum atomic E-state index is -0.870. The quantitative estimate of drug-likeness (QED) is 0.803. The maximum absolute atomic E-state index is 12.5. The van der Waals surface area contributed by atoms with Gasteiger partial charge in [-0.25, -0.2) is 0 Å². The molecule has 5 heteroatoms. The molecule has 1 amide bonds. The number of amides is 1. The highest BCUT2D eigenvalue weighted by atomic mass is 35.5. The van der Waals surface area contributed by atoms with Crippen LogP contribution in [0.3, 0.4) is 0 Å². The number of ketones is 1. The van der Waals surface area contributed by atoms with E-state index in [2.05, 4.69) is 5.32 Å². The van der Waals surface area contributed by atoms with Gasteiger partial charge in [0.1, 0.15) is 4.75 Å². The third kappa shape index (κ3) is 1.76. The lowest BCUT2D eigenvalue weighted by molar-refractivity contribution is -0.118. The molecule has 0 fully saturated rings. The lowest BCUT2D eigenvalue weighted by Crippen LogP contribution is -2.36. The fourth-order valence-electron chi connectivity index (χ4n) is 2.92. The predicted molar refractivity (Wildman–Crippen MR) is 83.0 cm³/mol. The van der Waals surface area contributed by atoms with Gasteiger partial charge >= 0.3 is 0 Å². The van der Waals surface area contributed by atoms with E-state index in [1.54, 1.807) is 18.2 Å². The summed E-state index contributed by atoms with van der Waals surface area (Å²) in [6.07, 6.45) is 0.176. The Morgan fingerprint density at radius 1 is 1.14 bits per heavy atom. The summed E-state index contributed by atoms with van der Waals surface area (Å²) in [5.41, 5.74) is 2.31. The number of benzene rings is 2. The van der Waals surface area contributed by atoms with Gasteiger partial charge in [-0.05, 0) is 24.3 Å². The van der Waals surface area contributed by atoms with E-state index in [0.717, 1.165) is 16.1 Å². The van der Waals surface area contributed by atoms with Gasteiger partial charge in [-0.15, -0.1) is 11.8 Å². The molecule has 3 nitrogen and oxygen atoms in total. The molecular formula is C16H10ClNO2S.